The average molecular weight is 270 g/mol. The number of amides is 1. The molecule has 1 aliphatic carbocycles. The second-order valence-corrected chi connectivity index (χ2v) is 5.18. The Hall–Kier alpha value is -2.10. The molecule has 0 saturated heterocycles. The number of hydrogen-bond acceptors (Lipinski definition) is 3. The number of aryl methyl sites for hydroxylation is 1. The number of aromatic nitrogens is 1. The maximum Gasteiger partial charge on any atom is 0.220 e. The highest BCUT2D eigenvalue weighted by Crippen LogP contribution is 2.21. The van der Waals surface area contributed by atoms with E-state index in [9.17, 15) is 4.79 Å². The summed E-state index contributed by atoms with van der Waals surface area (Å²) in [6.45, 7) is 0. The summed E-state index contributed by atoms with van der Waals surface area (Å²) in [6.07, 6.45) is 6.02. The molecule has 2 aromatic rings. The lowest BCUT2D eigenvalue weighted by Gasteiger charge is -2.01. The molecule has 1 saturated carbocycles. The van der Waals surface area contributed by atoms with Crippen molar-refractivity contribution >= 4 is 5.91 Å². The monoisotopic (exact) mass is 270 g/mol. The smallest absolute Gasteiger partial charge is 0.220 e. The van der Waals surface area contributed by atoms with E-state index in [1.807, 2.05) is 30.3 Å². The van der Waals surface area contributed by atoms with Gasteiger partial charge in [-0.25, -0.2) is 4.98 Å². The molecule has 3 rings (SSSR count). The Labute approximate surface area is 118 Å². The Balaban J connectivity index is 1.48. The molecule has 0 atom stereocenters. The van der Waals surface area contributed by atoms with Gasteiger partial charge < -0.3 is 9.73 Å². The fourth-order valence-electron chi connectivity index (χ4n) is 2.09. The molecule has 0 radical (unpaired) electrons. The van der Waals surface area contributed by atoms with Crippen LogP contribution >= 0.6 is 0 Å². The first-order valence-electron chi connectivity index (χ1n) is 7.11. The fraction of sp³-hybridized carbons (Fsp3) is 0.375. The summed E-state index contributed by atoms with van der Waals surface area (Å²) in [5.74, 6) is 1.62. The van der Waals surface area contributed by atoms with E-state index < -0.39 is 0 Å². The second kappa shape index (κ2) is 5.90. The Morgan fingerprint density at radius 3 is 2.85 bits per heavy atom. The summed E-state index contributed by atoms with van der Waals surface area (Å²) in [4.78, 5) is 15.8. The predicted molar refractivity (Wildman–Crippen MR) is 76.0 cm³/mol. The quantitative estimate of drug-likeness (QED) is 0.878. The van der Waals surface area contributed by atoms with Crippen LogP contribution in [0.25, 0.3) is 11.3 Å². The van der Waals surface area contributed by atoms with Crippen molar-refractivity contribution in [3.05, 3.63) is 42.4 Å². The van der Waals surface area contributed by atoms with Gasteiger partial charge in [-0.2, -0.15) is 0 Å². The zero-order valence-corrected chi connectivity index (χ0v) is 11.3. The highest BCUT2D eigenvalue weighted by atomic mass is 16.4. The molecule has 0 unspecified atom stereocenters. The summed E-state index contributed by atoms with van der Waals surface area (Å²) < 4.78 is 5.70. The summed E-state index contributed by atoms with van der Waals surface area (Å²) >= 11 is 0. The Bertz CT molecular complexity index is 573. The third-order valence-electron chi connectivity index (χ3n) is 3.35. The van der Waals surface area contributed by atoms with Crippen LogP contribution in [0.5, 0.6) is 0 Å². The van der Waals surface area contributed by atoms with Crippen LogP contribution in [0.3, 0.4) is 0 Å². The lowest BCUT2D eigenvalue weighted by atomic mass is 10.2. The Morgan fingerprint density at radius 1 is 1.30 bits per heavy atom. The van der Waals surface area contributed by atoms with Gasteiger partial charge in [-0.3, -0.25) is 4.79 Å². The average Bonchev–Trinajstić information content (AvgIpc) is 3.15. The van der Waals surface area contributed by atoms with Gasteiger partial charge in [0.2, 0.25) is 5.91 Å². The van der Waals surface area contributed by atoms with Gasteiger partial charge in [0.1, 0.15) is 0 Å². The molecule has 1 aromatic heterocycles. The lowest BCUT2D eigenvalue weighted by molar-refractivity contribution is -0.121. The van der Waals surface area contributed by atoms with Gasteiger partial charge in [0, 0.05) is 24.4 Å². The Kier molecular flexibility index (Phi) is 3.81. The highest BCUT2D eigenvalue weighted by Gasteiger charge is 2.22. The van der Waals surface area contributed by atoms with E-state index in [0.717, 1.165) is 30.6 Å². The zero-order chi connectivity index (χ0) is 13.8. The van der Waals surface area contributed by atoms with Gasteiger partial charge in [-0.1, -0.05) is 30.3 Å². The normalized spacial score (nSPS) is 14.2. The lowest BCUT2D eigenvalue weighted by Crippen LogP contribution is -2.24. The van der Waals surface area contributed by atoms with E-state index in [-0.39, 0.29) is 5.91 Å². The van der Waals surface area contributed by atoms with Crippen LogP contribution in [-0.4, -0.2) is 16.9 Å². The van der Waals surface area contributed by atoms with Crippen LogP contribution in [-0.2, 0) is 11.2 Å². The van der Waals surface area contributed by atoms with E-state index in [0.29, 0.717) is 24.8 Å². The number of nitrogens with zero attached hydrogens (tertiary/aromatic N) is 1. The van der Waals surface area contributed by atoms with Gasteiger partial charge in [0.25, 0.3) is 0 Å². The van der Waals surface area contributed by atoms with Gasteiger partial charge in [0.05, 0.1) is 6.20 Å². The molecule has 1 aromatic carbocycles. The summed E-state index contributed by atoms with van der Waals surface area (Å²) in [7, 11) is 0. The molecule has 4 heteroatoms. The number of carbonyl (C=O) groups excluding carboxylic acids is 1. The second-order valence-electron chi connectivity index (χ2n) is 5.18. The van der Waals surface area contributed by atoms with Gasteiger partial charge in [-0.15, -0.1) is 0 Å². The fourth-order valence-corrected chi connectivity index (χ4v) is 2.09. The summed E-state index contributed by atoms with van der Waals surface area (Å²) in [5.41, 5.74) is 1.03. The molecule has 1 aliphatic rings. The van der Waals surface area contributed by atoms with Crippen LogP contribution in [0, 0.1) is 0 Å². The van der Waals surface area contributed by atoms with Crippen molar-refractivity contribution in [2.75, 3.05) is 0 Å². The van der Waals surface area contributed by atoms with E-state index in [2.05, 4.69) is 10.3 Å². The number of benzene rings is 1. The minimum absolute atomic E-state index is 0.141. The number of hydrogen-bond donors (Lipinski definition) is 1. The first-order chi connectivity index (χ1) is 9.81. The third kappa shape index (κ3) is 3.47. The van der Waals surface area contributed by atoms with Crippen molar-refractivity contribution in [2.24, 2.45) is 0 Å². The number of rotatable bonds is 6. The minimum atomic E-state index is 0.141. The van der Waals surface area contributed by atoms with Crippen molar-refractivity contribution in [2.45, 2.75) is 38.1 Å². The zero-order valence-electron chi connectivity index (χ0n) is 11.3. The van der Waals surface area contributed by atoms with E-state index in [4.69, 9.17) is 4.42 Å². The standard InChI is InChI=1S/C16H18N2O2/c19-15(18-13-9-10-13)7-4-8-16-17-11-14(20-16)12-5-2-1-3-6-12/h1-3,5-6,11,13H,4,7-10H2,(H,18,19). The molecule has 4 nitrogen and oxygen atoms in total. The molecule has 0 aliphatic heterocycles. The van der Waals surface area contributed by atoms with Gasteiger partial charge in [0.15, 0.2) is 11.7 Å². The molecule has 1 amide bonds. The van der Waals surface area contributed by atoms with Crippen LogP contribution in [0.15, 0.2) is 40.9 Å². The van der Waals surface area contributed by atoms with E-state index in [1.54, 1.807) is 6.20 Å². The van der Waals surface area contributed by atoms with Gasteiger partial charge in [-0.05, 0) is 19.3 Å². The van der Waals surface area contributed by atoms with Crippen LogP contribution in [0.1, 0.15) is 31.6 Å². The number of oxazole rings is 1. The topological polar surface area (TPSA) is 55.1 Å². The van der Waals surface area contributed by atoms with Crippen molar-refractivity contribution in [1.82, 2.24) is 10.3 Å². The molecular weight excluding hydrogens is 252 g/mol. The largest absolute Gasteiger partial charge is 0.441 e. The summed E-state index contributed by atoms with van der Waals surface area (Å²) in [5, 5.41) is 2.98. The van der Waals surface area contributed by atoms with Crippen molar-refractivity contribution in [3.8, 4) is 11.3 Å². The maximum absolute atomic E-state index is 11.5. The molecule has 1 heterocycles. The molecular formula is C16H18N2O2. The first-order valence-corrected chi connectivity index (χ1v) is 7.11. The molecule has 104 valence electrons. The Morgan fingerprint density at radius 2 is 2.10 bits per heavy atom. The van der Waals surface area contributed by atoms with E-state index in [1.165, 1.54) is 0 Å². The van der Waals surface area contributed by atoms with E-state index >= 15 is 0 Å². The van der Waals surface area contributed by atoms with Crippen LogP contribution in [0.2, 0.25) is 0 Å². The molecule has 1 N–H and O–H groups in total. The third-order valence-corrected chi connectivity index (χ3v) is 3.35. The maximum atomic E-state index is 11.5. The van der Waals surface area contributed by atoms with Crippen molar-refractivity contribution < 1.29 is 9.21 Å². The highest BCUT2D eigenvalue weighted by molar-refractivity contribution is 5.76. The molecule has 0 bridgehead atoms. The minimum Gasteiger partial charge on any atom is -0.441 e. The van der Waals surface area contributed by atoms with Crippen LogP contribution in [0.4, 0.5) is 0 Å². The van der Waals surface area contributed by atoms with Gasteiger partial charge >= 0.3 is 0 Å². The molecule has 0 spiro atoms. The summed E-state index contributed by atoms with van der Waals surface area (Å²) in [6, 6.07) is 10.3. The SMILES string of the molecule is O=C(CCCc1ncc(-c2ccccc2)o1)NC1CC1. The van der Waals surface area contributed by atoms with Crippen molar-refractivity contribution in [3.63, 3.8) is 0 Å². The van der Waals surface area contributed by atoms with Crippen LogP contribution < -0.4 is 5.32 Å². The first kappa shape index (κ1) is 12.9. The van der Waals surface area contributed by atoms with Crippen molar-refractivity contribution in [1.29, 1.82) is 0 Å². The molecule has 20 heavy (non-hydrogen) atoms. The molecule has 1 fully saturated rings. The predicted octanol–water partition coefficient (Wildman–Crippen LogP) is 2.94. The number of carbonyl (C=O) groups is 1. The number of nitrogens with one attached hydrogen (secondary N) is 1.